The maximum Gasteiger partial charge on any atom is 0.0541 e. The molecule has 16 aromatic rings. The number of hydrogen-bond acceptors (Lipinski definition) is 2. The number of benzene rings is 13. The van der Waals surface area contributed by atoms with E-state index in [9.17, 15) is 0 Å². The lowest BCUT2D eigenvalue weighted by Crippen LogP contribution is -1.95. The van der Waals surface area contributed by atoms with E-state index in [-0.39, 0.29) is 0 Å². The van der Waals surface area contributed by atoms with Crippen LogP contribution in [0.15, 0.2) is 261 Å². The molecule has 0 amide bonds. The van der Waals surface area contributed by atoms with Gasteiger partial charge in [-0.25, -0.2) is 0 Å². The lowest BCUT2D eigenvalue weighted by atomic mass is 9.86. The first-order chi connectivity index (χ1) is 37.2. The van der Waals surface area contributed by atoms with Crippen molar-refractivity contribution in [1.29, 1.82) is 0 Å². The molecule has 0 bridgehead atoms. The maximum atomic E-state index is 2.47. The molecule has 75 heavy (non-hydrogen) atoms. The van der Waals surface area contributed by atoms with Gasteiger partial charge in [-0.15, -0.1) is 22.7 Å². The van der Waals surface area contributed by atoms with E-state index in [1.807, 2.05) is 22.7 Å². The second kappa shape index (κ2) is 16.7. The van der Waals surface area contributed by atoms with Crippen molar-refractivity contribution in [3.63, 3.8) is 0 Å². The van der Waals surface area contributed by atoms with Crippen molar-refractivity contribution >= 4 is 117 Å². The third-order valence-corrected chi connectivity index (χ3v) is 18.1. The van der Waals surface area contributed by atoms with Crippen LogP contribution in [0.3, 0.4) is 0 Å². The van der Waals surface area contributed by atoms with Crippen LogP contribution in [-0.4, -0.2) is 4.57 Å². The van der Waals surface area contributed by atoms with E-state index in [0.29, 0.717) is 0 Å². The van der Waals surface area contributed by atoms with Crippen LogP contribution in [0.1, 0.15) is 0 Å². The molecule has 3 heteroatoms. The van der Waals surface area contributed by atoms with Gasteiger partial charge >= 0.3 is 0 Å². The van der Waals surface area contributed by atoms with Crippen LogP contribution in [0.25, 0.3) is 156 Å². The Kier molecular flexibility index (Phi) is 9.44. The molecule has 16 rings (SSSR count). The molecule has 0 unspecified atom stereocenters. The minimum Gasteiger partial charge on any atom is -0.309 e. The summed E-state index contributed by atoms with van der Waals surface area (Å²) in [6, 6.07) is 97.4. The van der Waals surface area contributed by atoms with Crippen LogP contribution in [0.2, 0.25) is 0 Å². The summed E-state index contributed by atoms with van der Waals surface area (Å²) >= 11 is 3.75. The summed E-state index contributed by atoms with van der Waals surface area (Å²) in [5.74, 6) is 0. The Bertz CT molecular complexity index is 4930. The lowest BCUT2D eigenvalue weighted by molar-refractivity contribution is 1.18. The second-order valence-electron chi connectivity index (χ2n) is 19.9. The van der Waals surface area contributed by atoms with Crippen molar-refractivity contribution in [3.05, 3.63) is 261 Å². The predicted molar refractivity (Wildman–Crippen MR) is 326 cm³/mol. The Labute approximate surface area is 441 Å². The van der Waals surface area contributed by atoms with E-state index in [1.165, 1.54) is 150 Å². The van der Waals surface area contributed by atoms with Gasteiger partial charge in [-0.1, -0.05) is 182 Å². The van der Waals surface area contributed by atoms with E-state index in [1.54, 1.807) is 0 Å². The highest BCUT2D eigenvalue weighted by Crippen LogP contribution is 2.46. The minimum atomic E-state index is 1.13. The highest BCUT2D eigenvalue weighted by atomic mass is 32.1. The summed E-state index contributed by atoms with van der Waals surface area (Å²) in [5, 5.41) is 15.3. The smallest absolute Gasteiger partial charge is 0.0541 e. The van der Waals surface area contributed by atoms with Gasteiger partial charge in [-0.05, 0) is 167 Å². The fourth-order valence-corrected chi connectivity index (χ4v) is 14.5. The Balaban J connectivity index is 0.863. The topological polar surface area (TPSA) is 4.93 Å². The molecular weight excluding hydrogens is 943 g/mol. The standard InChI is InChI=1S/C72H43NS2/c1-2-14-45(15-3-1)71-56-19-6-8-21-58(56)72(59-22-9-7-20-57(59)71)46-25-32-52(33-26-46)73-65-34-27-47(49-29-36-68-62(41-49)55-18-10-11-24-67(55)74-68)39-60(65)61-40-48(28-35-66(61)73)50-30-37-69-63(42-50)64-43-51(31-38-70(64)75-69)54-23-12-16-44-13-4-5-17-53(44)54/h1-43H. The fraction of sp³-hybridized carbons (Fsp3) is 0. The number of aromatic nitrogens is 1. The van der Waals surface area contributed by atoms with E-state index in [0.717, 1.165) is 5.69 Å². The molecule has 13 aromatic carbocycles. The Hall–Kier alpha value is -9.12. The van der Waals surface area contributed by atoms with Gasteiger partial charge in [0.05, 0.1) is 11.0 Å². The molecule has 0 aliphatic rings. The van der Waals surface area contributed by atoms with E-state index in [4.69, 9.17) is 0 Å². The van der Waals surface area contributed by atoms with Crippen molar-refractivity contribution in [2.75, 3.05) is 0 Å². The quantitative estimate of drug-likeness (QED) is 0.146. The van der Waals surface area contributed by atoms with Crippen molar-refractivity contribution in [1.82, 2.24) is 4.57 Å². The summed E-state index contributed by atoms with van der Waals surface area (Å²) in [5.41, 5.74) is 15.9. The summed E-state index contributed by atoms with van der Waals surface area (Å²) in [6.45, 7) is 0. The van der Waals surface area contributed by atoms with Gasteiger partial charge < -0.3 is 4.57 Å². The molecule has 0 spiro atoms. The van der Waals surface area contributed by atoms with E-state index >= 15 is 0 Å². The summed E-state index contributed by atoms with van der Waals surface area (Å²) in [6.07, 6.45) is 0. The number of hydrogen-bond donors (Lipinski definition) is 0. The zero-order chi connectivity index (χ0) is 49.1. The number of nitrogens with zero attached hydrogens (tertiary/aromatic N) is 1. The Morgan fingerprint density at radius 1 is 0.227 bits per heavy atom. The van der Waals surface area contributed by atoms with E-state index in [2.05, 4.69) is 265 Å². The molecule has 0 saturated heterocycles. The number of fused-ring (bicyclic) bond motifs is 12. The number of thiophene rings is 2. The van der Waals surface area contributed by atoms with Gasteiger partial charge in [0.25, 0.3) is 0 Å². The molecule has 0 aliphatic carbocycles. The largest absolute Gasteiger partial charge is 0.309 e. The van der Waals surface area contributed by atoms with Crippen molar-refractivity contribution in [3.8, 4) is 61.3 Å². The second-order valence-corrected chi connectivity index (χ2v) is 22.1. The van der Waals surface area contributed by atoms with Crippen LogP contribution < -0.4 is 0 Å². The third-order valence-electron chi connectivity index (χ3n) is 15.8. The summed E-state index contributed by atoms with van der Waals surface area (Å²) in [7, 11) is 0. The van der Waals surface area contributed by atoms with Gasteiger partial charge in [-0.3, -0.25) is 0 Å². The average Bonchev–Trinajstić information content (AvgIpc) is 4.15. The van der Waals surface area contributed by atoms with Gasteiger partial charge in [0.15, 0.2) is 0 Å². The van der Waals surface area contributed by atoms with Crippen LogP contribution in [0, 0.1) is 0 Å². The SMILES string of the molecule is c1ccc(-c2c3ccccc3c(-c3ccc(-n4c5ccc(-c6ccc7sc8ccccc8c7c6)cc5c5cc(-c6ccc7sc8ccc(-c9cccc%10ccccc9%10)cc8c7c6)ccc54)cc3)c3ccccc23)cc1. The molecule has 0 N–H and O–H groups in total. The highest BCUT2D eigenvalue weighted by Gasteiger charge is 2.20. The minimum absolute atomic E-state index is 1.13. The first-order valence-corrected chi connectivity index (χ1v) is 27.3. The van der Waals surface area contributed by atoms with Crippen LogP contribution in [-0.2, 0) is 0 Å². The highest BCUT2D eigenvalue weighted by molar-refractivity contribution is 7.26. The Morgan fingerprint density at radius 2 is 0.613 bits per heavy atom. The lowest BCUT2D eigenvalue weighted by Gasteiger charge is -2.18. The van der Waals surface area contributed by atoms with Crippen molar-refractivity contribution in [2.45, 2.75) is 0 Å². The fourth-order valence-electron chi connectivity index (χ4n) is 12.3. The Morgan fingerprint density at radius 3 is 1.19 bits per heavy atom. The average molecular weight is 986 g/mol. The molecule has 0 radical (unpaired) electrons. The molecule has 3 heterocycles. The molecule has 0 fully saturated rings. The predicted octanol–water partition coefficient (Wildman–Crippen LogP) is 21.3. The monoisotopic (exact) mass is 985 g/mol. The summed E-state index contributed by atoms with van der Waals surface area (Å²) in [4.78, 5) is 0. The van der Waals surface area contributed by atoms with E-state index < -0.39 is 0 Å². The van der Waals surface area contributed by atoms with Gasteiger partial charge in [-0.2, -0.15) is 0 Å². The first kappa shape index (κ1) is 42.4. The number of rotatable bonds is 6. The molecule has 0 aliphatic heterocycles. The van der Waals surface area contributed by atoms with Crippen molar-refractivity contribution < 1.29 is 0 Å². The molecule has 0 atom stereocenters. The summed E-state index contributed by atoms with van der Waals surface area (Å²) < 4.78 is 7.72. The molecular formula is C72H43NS2. The molecule has 1 nitrogen and oxygen atoms in total. The van der Waals surface area contributed by atoms with Crippen LogP contribution in [0.5, 0.6) is 0 Å². The van der Waals surface area contributed by atoms with Gasteiger partial charge in [0.1, 0.15) is 0 Å². The van der Waals surface area contributed by atoms with Crippen LogP contribution >= 0.6 is 22.7 Å². The zero-order valence-corrected chi connectivity index (χ0v) is 42.2. The van der Waals surface area contributed by atoms with Crippen molar-refractivity contribution in [2.24, 2.45) is 0 Å². The van der Waals surface area contributed by atoms with Crippen LogP contribution in [0.4, 0.5) is 0 Å². The third kappa shape index (κ3) is 6.69. The van der Waals surface area contributed by atoms with Gasteiger partial charge in [0.2, 0.25) is 0 Å². The molecule has 3 aromatic heterocycles. The maximum absolute atomic E-state index is 2.47. The first-order valence-electron chi connectivity index (χ1n) is 25.7. The zero-order valence-electron chi connectivity index (χ0n) is 40.6. The normalized spacial score (nSPS) is 12.0. The molecule has 348 valence electrons. The molecule has 0 saturated carbocycles. The van der Waals surface area contributed by atoms with Gasteiger partial charge in [0, 0.05) is 56.8 Å².